The van der Waals surface area contributed by atoms with Crippen LogP contribution in [0.4, 0.5) is 14.9 Å². The molecule has 1 atom stereocenters. The monoisotopic (exact) mass is 375 g/mol. The van der Waals surface area contributed by atoms with Crippen molar-refractivity contribution in [3.05, 3.63) is 65.5 Å². The quantitative estimate of drug-likeness (QED) is 0.729. The molecule has 2 aromatic carbocycles. The third kappa shape index (κ3) is 6.71. The lowest BCUT2D eigenvalue weighted by molar-refractivity contribution is -0.153. The first-order valence-corrected chi connectivity index (χ1v) is 8.49. The second-order valence-corrected chi connectivity index (χ2v) is 6.19. The first-order valence-electron chi connectivity index (χ1n) is 8.49. The summed E-state index contributed by atoms with van der Waals surface area (Å²) in [4.78, 5) is 23.3. The van der Waals surface area contributed by atoms with E-state index < -0.39 is 24.0 Å². The largest absolute Gasteiger partial charge is 0.479 e. The number of carbonyl (C=O) groups is 2. The van der Waals surface area contributed by atoms with Crippen molar-refractivity contribution in [3.8, 4) is 0 Å². The molecule has 0 fully saturated rings. The SMILES string of the molecule is CC(C)OC(Cc1ccccc1COC(=O)Nc1ccc(F)cc1)C(=O)O. The van der Waals surface area contributed by atoms with Crippen LogP contribution in [0.1, 0.15) is 25.0 Å². The second-order valence-electron chi connectivity index (χ2n) is 6.19. The molecule has 1 amide bonds. The van der Waals surface area contributed by atoms with Crippen molar-refractivity contribution < 1.29 is 28.6 Å². The van der Waals surface area contributed by atoms with E-state index in [1.165, 1.54) is 24.3 Å². The maximum Gasteiger partial charge on any atom is 0.411 e. The first kappa shape index (κ1) is 20.4. The minimum Gasteiger partial charge on any atom is -0.479 e. The normalized spacial score (nSPS) is 11.9. The van der Waals surface area contributed by atoms with Crippen LogP contribution in [-0.4, -0.2) is 29.4 Å². The van der Waals surface area contributed by atoms with E-state index in [1.54, 1.807) is 38.1 Å². The average molecular weight is 375 g/mol. The predicted molar refractivity (Wildman–Crippen MR) is 98.0 cm³/mol. The summed E-state index contributed by atoms with van der Waals surface area (Å²) in [6, 6.07) is 12.4. The molecule has 0 aliphatic heterocycles. The van der Waals surface area contributed by atoms with Crippen molar-refractivity contribution >= 4 is 17.7 Å². The Bertz CT molecular complexity index is 776. The van der Waals surface area contributed by atoms with Crippen LogP contribution in [0, 0.1) is 5.82 Å². The lowest BCUT2D eigenvalue weighted by atomic mass is 10.0. The van der Waals surface area contributed by atoms with E-state index in [0.29, 0.717) is 11.3 Å². The molecule has 0 aliphatic rings. The molecule has 144 valence electrons. The molecular formula is C20H22FNO5. The lowest BCUT2D eigenvalue weighted by Crippen LogP contribution is -2.29. The topological polar surface area (TPSA) is 84.9 Å². The van der Waals surface area contributed by atoms with Crippen LogP contribution in [0.5, 0.6) is 0 Å². The minimum atomic E-state index is -1.05. The number of nitrogens with one attached hydrogen (secondary N) is 1. The minimum absolute atomic E-state index is 0.0305. The molecule has 0 heterocycles. The molecule has 2 N–H and O–H groups in total. The number of carboxylic acid groups (broad SMARTS) is 1. The Morgan fingerprint density at radius 1 is 1.07 bits per heavy atom. The molecule has 0 saturated carbocycles. The van der Waals surface area contributed by atoms with Gasteiger partial charge in [-0.1, -0.05) is 24.3 Å². The Hall–Kier alpha value is -2.93. The molecule has 1 unspecified atom stereocenters. The second kappa shape index (κ2) is 9.68. The smallest absolute Gasteiger partial charge is 0.411 e. The van der Waals surface area contributed by atoms with Gasteiger partial charge >= 0.3 is 12.1 Å². The Kier molecular flexibility index (Phi) is 7.31. The van der Waals surface area contributed by atoms with E-state index in [4.69, 9.17) is 9.47 Å². The van der Waals surface area contributed by atoms with Crippen LogP contribution < -0.4 is 5.32 Å². The van der Waals surface area contributed by atoms with Crippen molar-refractivity contribution in [1.29, 1.82) is 0 Å². The van der Waals surface area contributed by atoms with Gasteiger partial charge in [0.15, 0.2) is 6.10 Å². The molecule has 6 nitrogen and oxygen atoms in total. The summed E-state index contributed by atoms with van der Waals surface area (Å²) in [5.41, 5.74) is 1.82. The van der Waals surface area contributed by atoms with Crippen molar-refractivity contribution in [2.75, 3.05) is 5.32 Å². The van der Waals surface area contributed by atoms with Crippen LogP contribution in [0.3, 0.4) is 0 Å². The maximum absolute atomic E-state index is 12.9. The van der Waals surface area contributed by atoms with Crippen molar-refractivity contribution in [1.82, 2.24) is 0 Å². The Balaban J connectivity index is 1.99. The van der Waals surface area contributed by atoms with E-state index in [0.717, 1.165) is 5.56 Å². The molecule has 0 aromatic heterocycles. The van der Waals surface area contributed by atoms with E-state index in [2.05, 4.69) is 5.32 Å². The zero-order valence-electron chi connectivity index (χ0n) is 15.1. The summed E-state index contributed by atoms with van der Waals surface area (Å²) in [6.45, 7) is 3.51. The molecule has 0 aliphatic carbocycles. The third-order valence-electron chi connectivity index (χ3n) is 3.68. The number of amides is 1. The zero-order chi connectivity index (χ0) is 19.8. The van der Waals surface area contributed by atoms with Crippen LogP contribution >= 0.6 is 0 Å². The number of benzene rings is 2. The van der Waals surface area contributed by atoms with Crippen molar-refractivity contribution in [3.63, 3.8) is 0 Å². The number of aliphatic carboxylic acids is 1. The summed E-state index contributed by atoms with van der Waals surface area (Å²) >= 11 is 0. The molecule has 7 heteroatoms. The van der Waals surface area contributed by atoms with Gasteiger partial charge in [-0.05, 0) is 49.2 Å². The summed E-state index contributed by atoms with van der Waals surface area (Å²) in [6.07, 6.45) is -1.74. The number of carbonyl (C=O) groups excluding carboxylic acids is 1. The summed E-state index contributed by atoms with van der Waals surface area (Å²) < 4.78 is 23.5. The molecule has 0 radical (unpaired) electrons. The highest BCUT2D eigenvalue weighted by Crippen LogP contribution is 2.16. The third-order valence-corrected chi connectivity index (χ3v) is 3.68. The molecule has 0 spiro atoms. The van der Waals surface area contributed by atoms with Gasteiger partial charge in [-0.3, -0.25) is 5.32 Å². The van der Waals surface area contributed by atoms with Crippen LogP contribution in [-0.2, 0) is 27.3 Å². The van der Waals surface area contributed by atoms with E-state index >= 15 is 0 Å². The highest BCUT2D eigenvalue weighted by Gasteiger charge is 2.21. The maximum atomic E-state index is 12.9. The summed E-state index contributed by atoms with van der Waals surface area (Å²) in [7, 11) is 0. The fraction of sp³-hybridized carbons (Fsp3) is 0.300. The van der Waals surface area contributed by atoms with E-state index in [-0.39, 0.29) is 19.1 Å². The van der Waals surface area contributed by atoms with Crippen LogP contribution in [0.25, 0.3) is 0 Å². The Labute approximate surface area is 156 Å². The number of rotatable bonds is 8. The van der Waals surface area contributed by atoms with Crippen LogP contribution in [0.15, 0.2) is 48.5 Å². The van der Waals surface area contributed by atoms with Crippen LogP contribution in [0.2, 0.25) is 0 Å². The predicted octanol–water partition coefficient (Wildman–Crippen LogP) is 4.00. The van der Waals surface area contributed by atoms with Gasteiger partial charge in [0.25, 0.3) is 0 Å². The van der Waals surface area contributed by atoms with Gasteiger partial charge in [0.05, 0.1) is 6.10 Å². The first-order chi connectivity index (χ1) is 12.8. The fourth-order valence-electron chi connectivity index (χ4n) is 2.45. The highest BCUT2D eigenvalue weighted by molar-refractivity contribution is 5.84. The van der Waals surface area contributed by atoms with Gasteiger partial charge in [0.1, 0.15) is 12.4 Å². The highest BCUT2D eigenvalue weighted by atomic mass is 19.1. The van der Waals surface area contributed by atoms with Gasteiger partial charge in [0, 0.05) is 12.1 Å². The molecule has 2 aromatic rings. The number of anilines is 1. The van der Waals surface area contributed by atoms with Crippen molar-refractivity contribution in [2.24, 2.45) is 0 Å². The van der Waals surface area contributed by atoms with E-state index in [1.807, 2.05) is 0 Å². The van der Waals surface area contributed by atoms with Gasteiger partial charge in [-0.25, -0.2) is 14.0 Å². The number of ether oxygens (including phenoxy) is 2. The Morgan fingerprint density at radius 3 is 2.30 bits per heavy atom. The standard InChI is InChI=1S/C20H22FNO5/c1-13(2)27-18(19(23)24)11-14-5-3-4-6-15(14)12-26-20(25)22-17-9-7-16(21)8-10-17/h3-10,13,18H,11-12H2,1-2H3,(H,22,25)(H,23,24). The van der Waals surface area contributed by atoms with Gasteiger partial charge in [0.2, 0.25) is 0 Å². The van der Waals surface area contributed by atoms with E-state index in [9.17, 15) is 19.1 Å². The van der Waals surface area contributed by atoms with Crippen molar-refractivity contribution in [2.45, 2.75) is 39.1 Å². The Morgan fingerprint density at radius 2 is 1.70 bits per heavy atom. The molecule has 0 bridgehead atoms. The molecule has 0 saturated heterocycles. The number of halogens is 1. The zero-order valence-corrected chi connectivity index (χ0v) is 15.1. The number of carboxylic acids is 1. The lowest BCUT2D eigenvalue weighted by Gasteiger charge is -2.18. The average Bonchev–Trinajstić information content (AvgIpc) is 2.62. The molecular weight excluding hydrogens is 353 g/mol. The summed E-state index contributed by atoms with van der Waals surface area (Å²) in [5.74, 6) is -1.45. The van der Waals surface area contributed by atoms with Gasteiger partial charge in [-0.2, -0.15) is 0 Å². The van der Waals surface area contributed by atoms with Gasteiger partial charge < -0.3 is 14.6 Å². The molecule has 27 heavy (non-hydrogen) atoms. The number of hydrogen-bond acceptors (Lipinski definition) is 4. The molecule has 2 rings (SSSR count). The van der Waals surface area contributed by atoms with Gasteiger partial charge in [-0.15, -0.1) is 0 Å². The fourth-order valence-corrected chi connectivity index (χ4v) is 2.45. The number of hydrogen-bond donors (Lipinski definition) is 2. The summed E-state index contributed by atoms with van der Waals surface area (Å²) in [5, 5.41) is 11.8.